The van der Waals surface area contributed by atoms with Crippen LogP contribution in [0, 0.1) is 0 Å². The van der Waals surface area contributed by atoms with Crippen molar-refractivity contribution in [2.24, 2.45) is 0 Å². The van der Waals surface area contributed by atoms with E-state index in [2.05, 4.69) is 4.98 Å². The number of thiazole rings is 1. The predicted molar refractivity (Wildman–Crippen MR) is 87.8 cm³/mol. The van der Waals surface area contributed by atoms with Crippen LogP contribution in [0.5, 0.6) is 5.75 Å². The number of methoxy groups -OCH3 is 1. The maximum atomic E-state index is 12.3. The highest BCUT2D eigenvalue weighted by molar-refractivity contribution is 7.22. The zero-order valence-corrected chi connectivity index (χ0v) is 13.7. The monoisotopic (exact) mass is 320 g/mol. The summed E-state index contributed by atoms with van der Waals surface area (Å²) >= 11 is 1.52. The number of fused-ring (bicyclic) bond motifs is 1. The van der Waals surface area contributed by atoms with E-state index in [0.717, 1.165) is 40.5 Å². The molecule has 0 bridgehead atoms. The fourth-order valence-electron chi connectivity index (χ4n) is 2.66. The largest absolute Gasteiger partial charge is 0.494 e. The van der Waals surface area contributed by atoms with Crippen LogP contribution in [0.4, 0.5) is 5.13 Å². The van der Waals surface area contributed by atoms with Crippen molar-refractivity contribution in [3.8, 4) is 5.75 Å². The quantitative estimate of drug-likeness (QED) is 0.849. The van der Waals surface area contributed by atoms with E-state index >= 15 is 0 Å². The van der Waals surface area contributed by atoms with Gasteiger partial charge in [-0.15, -0.1) is 0 Å². The van der Waals surface area contributed by atoms with E-state index in [1.807, 2.05) is 25.1 Å². The summed E-state index contributed by atoms with van der Waals surface area (Å²) in [5.41, 5.74) is 0.811. The summed E-state index contributed by atoms with van der Waals surface area (Å²) in [5, 5.41) is 0.724. The third kappa shape index (κ3) is 2.94. The van der Waals surface area contributed by atoms with Crippen LogP contribution >= 0.6 is 11.3 Å². The number of hydrogen-bond donors (Lipinski definition) is 0. The smallest absolute Gasteiger partial charge is 0.228 e. The number of aromatic nitrogens is 1. The first-order valence-electron chi connectivity index (χ1n) is 7.58. The first-order valence-corrected chi connectivity index (χ1v) is 8.40. The van der Waals surface area contributed by atoms with E-state index in [-0.39, 0.29) is 12.0 Å². The van der Waals surface area contributed by atoms with Crippen molar-refractivity contribution in [3.63, 3.8) is 0 Å². The van der Waals surface area contributed by atoms with Crippen molar-refractivity contribution in [3.05, 3.63) is 18.2 Å². The van der Waals surface area contributed by atoms with Gasteiger partial charge in [0.1, 0.15) is 11.3 Å². The highest BCUT2D eigenvalue weighted by Gasteiger charge is 2.25. The number of para-hydroxylation sites is 1. The highest BCUT2D eigenvalue weighted by atomic mass is 32.1. The van der Waals surface area contributed by atoms with E-state index in [1.165, 1.54) is 11.3 Å². The number of carbonyl (C=O) groups is 1. The molecule has 1 aromatic carbocycles. The van der Waals surface area contributed by atoms with Gasteiger partial charge in [-0.3, -0.25) is 9.69 Å². The number of anilines is 1. The number of ether oxygens (including phenoxy) is 2. The zero-order chi connectivity index (χ0) is 15.5. The van der Waals surface area contributed by atoms with Gasteiger partial charge in [-0.1, -0.05) is 24.3 Å². The van der Waals surface area contributed by atoms with Crippen molar-refractivity contribution in [2.75, 3.05) is 25.2 Å². The SMILES string of the molecule is CCC(=O)N(CC1CCCO1)c1nc2c(OC)cccc2s1. The standard InChI is InChI=1S/C16H20N2O3S/c1-3-14(19)18(10-11-6-5-9-21-11)16-17-15-12(20-2)7-4-8-13(15)22-16/h4,7-8,11H,3,5-6,9-10H2,1-2H3. The molecule has 6 heteroatoms. The molecule has 2 heterocycles. The Morgan fingerprint density at radius 1 is 1.55 bits per heavy atom. The Bertz CT molecular complexity index is 664. The van der Waals surface area contributed by atoms with E-state index in [9.17, 15) is 4.79 Å². The van der Waals surface area contributed by atoms with Gasteiger partial charge in [0.15, 0.2) is 5.13 Å². The average Bonchev–Trinajstić information content (AvgIpc) is 3.20. The number of nitrogens with zero attached hydrogens (tertiary/aromatic N) is 2. The van der Waals surface area contributed by atoms with Crippen LogP contribution in [0.1, 0.15) is 26.2 Å². The van der Waals surface area contributed by atoms with Gasteiger partial charge >= 0.3 is 0 Å². The zero-order valence-electron chi connectivity index (χ0n) is 12.9. The molecule has 1 amide bonds. The molecule has 1 saturated heterocycles. The van der Waals surface area contributed by atoms with Gasteiger partial charge in [-0.2, -0.15) is 0 Å². The topological polar surface area (TPSA) is 51.7 Å². The molecule has 0 saturated carbocycles. The second-order valence-electron chi connectivity index (χ2n) is 5.30. The van der Waals surface area contributed by atoms with E-state index in [0.29, 0.717) is 13.0 Å². The third-order valence-electron chi connectivity index (χ3n) is 3.84. The Balaban J connectivity index is 1.94. The van der Waals surface area contributed by atoms with E-state index in [1.54, 1.807) is 12.0 Å². The molecule has 0 radical (unpaired) electrons. The van der Waals surface area contributed by atoms with E-state index in [4.69, 9.17) is 9.47 Å². The highest BCUT2D eigenvalue weighted by Crippen LogP contribution is 2.34. The van der Waals surface area contributed by atoms with Gasteiger partial charge < -0.3 is 9.47 Å². The molecule has 0 spiro atoms. The molecule has 118 valence electrons. The summed E-state index contributed by atoms with van der Waals surface area (Å²) in [4.78, 5) is 18.7. The van der Waals surface area contributed by atoms with Crippen molar-refractivity contribution >= 4 is 32.6 Å². The molecule has 1 aliphatic rings. The Morgan fingerprint density at radius 3 is 3.09 bits per heavy atom. The molecule has 22 heavy (non-hydrogen) atoms. The summed E-state index contributed by atoms with van der Waals surface area (Å²) in [6, 6.07) is 5.83. The van der Waals surface area contributed by atoms with Gasteiger partial charge in [-0.05, 0) is 25.0 Å². The van der Waals surface area contributed by atoms with Gasteiger partial charge in [0, 0.05) is 13.0 Å². The van der Waals surface area contributed by atoms with Crippen molar-refractivity contribution in [2.45, 2.75) is 32.3 Å². The molecule has 2 aromatic rings. The molecule has 1 aromatic heterocycles. The normalized spacial score (nSPS) is 17.8. The summed E-state index contributed by atoms with van der Waals surface area (Å²) in [6.45, 7) is 3.24. The van der Waals surface area contributed by atoms with Crippen molar-refractivity contribution < 1.29 is 14.3 Å². The molecule has 1 unspecified atom stereocenters. The minimum Gasteiger partial charge on any atom is -0.494 e. The lowest BCUT2D eigenvalue weighted by molar-refractivity contribution is -0.118. The fourth-order valence-corrected chi connectivity index (χ4v) is 3.67. The Labute approximate surface area is 133 Å². The van der Waals surface area contributed by atoms with Crippen LogP contribution in [0.15, 0.2) is 18.2 Å². The number of benzene rings is 1. The van der Waals surface area contributed by atoms with Crippen LogP contribution in [-0.2, 0) is 9.53 Å². The Kier molecular flexibility index (Phi) is 4.59. The summed E-state index contributed by atoms with van der Waals surface area (Å²) in [5.74, 6) is 0.814. The van der Waals surface area contributed by atoms with Crippen LogP contribution in [-0.4, -0.2) is 37.3 Å². The molecule has 0 aliphatic carbocycles. The second-order valence-corrected chi connectivity index (χ2v) is 6.31. The molecule has 1 atom stereocenters. The summed E-state index contributed by atoms with van der Waals surface area (Å²) in [6.07, 6.45) is 2.64. The number of amides is 1. The Morgan fingerprint density at radius 2 is 2.41 bits per heavy atom. The minimum absolute atomic E-state index is 0.0773. The van der Waals surface area contributed by atoms with Gasteiger partial charge in [-0.25, -0.2) is 4.98 Å². The lowest BCUT2D eigenvalue weighted by Gasteiger charge is -2.22. The minimum atomic E-state index is 0.0773. The molecular weight excluding hydrogens is 300 g/mol. The first kappa shape index (κ1) is 15.2. The summed E-state index contributed by atoms with van der Waals surface area (Å²) < 4.78 is 12.1. The molecule has 5 nitrogen and oxygen atoms in total. The van der Waals surface area contributed by atoms with Gasteiger partial charge in [0.2, 0.25) is 5.91 Å². The van der Waals surface area contributed by atoms with Gasteiger partial charge in [0.25, 0.3) is 0 Å². The van der Waals surface area contributed by atoms with E-state index < -0.39 is 0 Å². The lowest BCUT2D eigenvalue weighted by Crippen LogP contribution is -2.37. The predicted octanol–water partition coefficient (Wildman–Crippen LogP) is 3.23. The maximum absolute atomic E-state index is 12.3. The van der Waals surface area contributed by atoms with Crippen LogP contribution in [0.3, 0.4) is 0 Å². The number of carbonyl (C=O) groups excluding carboxylic acids is 1. The van der Waals surface area contributed by atoms with Crippen molar-refractivity contribution in [1.29, 1.82) is 0 Å². The molecular formula is C16H20N2O3S. The van der Waals surface area contributed by atoms with Crippen molar-refractivity contribution in [1.82, 2.24) is 4.98 Å². The first-order chi connectivity index (χ1) is 10.7. The molecule has 1 fully saturated rings. The van der Waals surface area contributed by atoms with Gasteiger partial charge in [0.05, 0.1) is 24.5 Å². The van der Waals surface area contributed by atoms with Crippen LogP contribution in [0.2, 0.25) is 0 Å². The van der Waals surface area contributed by atoms with Crippen LogP contribution < -0.4 is 9.64 Å². The summed E-state index contributed by atoms with van der Waals surface area (Å²) in [7, 11) is 1.63. The Hall–Kier alpha value is -1.66. The fraction of sp³-hybridized carbons (Fsp3) is 0.500. The maximum Gasteiger partial charge on any atom is 0.228 e. The molecule has 0 N–H and O–H groups in total. The lowest BCUT2D eigenvalue weighted by atomic mass is 10.2. The molecule has 3 rings (SSSR count). The number of rotatable bonds is 5. The third-order valence-corrected chi connectivity index (χ3v) is 4.88. The number of hydrogen-bond acceptors (Lipinski definition) is 5. The second kappa shape index (κ2) is 6.62. The van der Waals surface area contributed by atoms with Crippen LogP contribution in [0.25, 0.3) is 10.2 Å². The average molecular weight is 320 g/mol. The molecule has 1 aliphatic heterocycles.